The third kappa shape index (κ3) is 6.98. The molecule has 2 aliphatic rings. The second-order valence-electron chi connectivity index (χ2n) is 8.16. The molecule has 3 N–H and O–H groups in total. The Kier molecular flexibility index (Phi) is 7.82. The molecule has 0 bridgehead atoms. The maximum Gasteiger partial charge on any atom is 0.191 e. The van der Waals surface area contributed by atoms with Crippen LogP contribution in [0.3, 0.4) is 0 Å². The maximum atomic E-state index is 10.0. The van der Waals surface area contributed by atoms with Crippen LogP contribution in [0.25, 0.3) is 0 Å². The summed E-state index contributed by atoms with van der Waals surface area (Å²) in [7, 11) is 0. The molecule has 0 aliphatic heterocycles. The van der Waals surface area contributed by atoms with Crippen LogP contribution in [-0.2, 0) is 4.74 Å². The van der Waals surface area contributed by atoms with E-state index in [1.54, 1.807) is 0 Å². The number of ether oxygens (including phenoxy) is 1. The fourth-order valence-corrected chi connectivity index (χ4v) is 3.49. The third-order valence-corrected chi connectivity index (χ3v) is 5.04. The zero-order valence-electron chi connectivity index (χ0n) is 15.8. The molecule has 0 spiro atoms. The average Bonchev–Trinajstić information content (AvgIpc) is 3.30. The van der Waals surface area contributed by atoms with Gasteiger partial charge >= 0.3 is 0 Å². The van der Waals surface area contributed by atoms with Gasteiger partial charge in [0.25, 0.3) is 0 Å². The van der Waals surface area contributed by atoms with Crippen molar-refractivity contribution in [2.45, 2.75) is 65.4 Å². The van der Waals surface area contributed by atoms with Crippen LogP contribution in [0, 0.1) is 17.3 Å². The maximum absolute atomic E-state index is 10.0. The second-order valence-corrected chi connectivity index (χ2v) is 8.16. The van der Waals surface area contributed by atoms with Crippen molar-refractivity contribution >= 4 is 5.96 Å². The van der Waals surface area contributed by atoms with Crippen molar-refractivity contribution in [3.63, 3.8) is 0 Å². The van der Waals surface area contributed by atoms with E-state index in [-0.39, 0.29) is 0 Å². The fourth-order valence-electron chi connectivity index (χ4n) is 3.49. The molecule has 2 saturated carbocycles. The van der Waals surface area contributed by atoms with Gasteiger partial charge in [-0.05, 0) is 56.3 Å². The summed E-state index contributed by atoms with van der Waals surface area (Å²) in [6.07, 6.45) is 7.27. The first-order valence-electron chi connectivity index (χ1n) is 9.81. The number of aliphatic hydroxyl groups excluding tert-OH is 1. The molecule has 140 valence electrons. The summed E-state index contributed by atoms with van der Waals surface area (Å²) in [4.78, 5) is 4.79. The highest BCUT2D eigenvalue weighted by molar-refractivity contribution is 5.79. The van der Waals surface area contributed by atoms with Gasteiger partial charge in [0.1, 0.15) is 0 Å². The van der Waals surface area contributed by atoms with Gasteiger partial charge in [-0.15, -0.1) is 0 Å². The van der Waals surface area contributed by atoms with E-state index in [2.05, 4.69) is 31.4 Å². The fraction of sp³-hybridized carbons (Fsp3) is 0.947. The number of hydrogen-bond acceptors (Lipinski definition) is 3. The van der Waals surface area contributed by atoms with E-state index in [1.807, 2.05) is 0 Å². The first-order valence-corrected chi connectivity index (χ1v) is 9.81. The van der Waals surface area contributed by atoms with Crippen molar-refractivity contribution in [3.05, 3.63) is 0 Å². The van der Waals surface area contributed by atoms with Crippen LogP contribution < -0.4 is 10.6 Å². The van der Waals surface area contributed by atoms with E-state index in [4.69, 9.17) is 9.73 Å². The quantitative estimate of drug-likeness (QED) is 0.400. The summed E-state index contributed by atoms with van der Waals surface area (Å²) in [5.41, 5.74) is 0.405. The Labute approximate surface area is 147 Å². The molecule has 0 aromatic rings. The van der Waals surface area contributed by atoms with Crippen molar-refractivity contribution in [1.82, 2.24) is 10.6 Å². The van der Waals surface area contributed by atoms with E-state index >= 15 is 0 Å². The zero-order valence-corrected chi connectivity index (χ0v) is 15.8. The number of rotatable bonds is 11. The van der Waals surface area contributed by atoms with Gasteiger partial charge in [-0.25, -0.2) is 0 Å². The number of guanidine groups is 1. The minimum atomic E-state index is -0.485. The number of hydrogen-bond donors (Lipinski definition) is 3. The van der Waals surface area contributed by atoms with Gasteiger partial charge in [0, 0.05) is 26.2 Å². The monoisotopic (exact) mass is 339 g/mol. The summed E-state index contributed by atoms with van der Waals surface area (Å²) in [5, 5.41) is 16.6. The van der Waals surface area contributed by atoms with E-state index in [1.165, 1.54) is 38.5 Å². The molecular weight excluding hydrogens is 302 g/mol. The van der Waals surface area contributed by atoms with Gasteiger partial charge in [-0.2, -0.15) is 0 Å². The van der Waals surface area contributed by atoms with Gasteiger partial charge in [-0.1, -0.05) is 20.3 Å². The number of nitrogens with one attached hydrogen (secondary N) is 2. The Balaban J connectivity index is 1.72. The zero-order chi connectivity index (χ0) is 17.4. The molecule has 2 rings (SSSR count). The summed E-state index contributed by atoms with van der Waals surface area (Å²) in [5.74, 6) is 2.28. The Morgan fingerprint density at radius 1 is 1.29 bits per heavy atom. The van der Waals surface area contributed by atoms with Crippen LogP contribution in [0.2, 0.25) is 0 Å². The Morgan fingerprint density at radius 2 is 2.04 bits per heavy atom. The van der Waals surface area contributed by atoms with Gasteiger partial charge in [0.05, 0.1) is 12.7 Å². The van der Waals surface area contributed by atoms with Crippen molar-refractivity contribution in [3.8, 4) is 0 Å². The minimum Gasteiger partial charge on any atom is -0.389 e. The molecule has 0 radical (unpaired) electrons. The van der Waals surface area contributed by atoms with Crippen LogP contribution in [0.4, 0.5) is 0 Å². The summed E-state index contributed by atoms with van der Waals surface area (Å²) in [6.45, 7) is 10.1. The van der Waals surface area contributed by atoms with E-state index in [9.17, 15) is 5.11 Å². The Bertz CT molecular complexity index is 390. The van der Waals surface area contributed by atoms with Gasteiger partial charge in [0.15, 0.2) is 5.96 Å². The van der Waals surface area contributed by atoms with Crippen molar-refractivity contribution in [2.75, 3.05) is 32.8 Å². The lowest BCUT2D eigenvalue weighted by Gasteiger charge is -2.42. The largest absolute Gasteiger partial charge is 0.389 e. The molecule has 2 aliphatic carbocycles. The molecule has 0 aromatic carbocycles. The average molecular weight is 340 g/mol. The SMILES string of the molecule is CCNC(=NCC1(CC(C)C)CCC1)NCC(O)COCC1CC1. The predicted octanol–water partition coefficient (Wildman–Crippen LogP) is 2.55. The summed E-state index contributed by atoms with van der Waals surface area (Å²) in [6, 6.07) is 0. The minimum absolute atomic E-state index is 0.403. The lowest BCUT2D eigenvalue weighted by molar-refractivity contribution is 0.0345. The van der Waals surface area contributed by atoms with Gasteiger partial charge in [0.2, 0.25) is 0 Å². The molecule has 24 heavy (non-hydrogen) atoms. The molecule has 5 nitrogen and oxygen atoms in total. The first-order chi connectivity index (χ1) is 11.5. The van der Waals surface area contributed by atoms with E-state index in [0.29, 0.717) is 18.6 Å². The lowest BCUT2D eigenvalue weighted by Crippen LogP contribution is -2.43. The predicted molar refractivity (Wildman–Crippen MR) is 99.3 cm³/mol. The number of nitrogens with zero attached hydrogens (tertiary/aromatic N) is 1. The Morgan fingerprint density at radius 3 is 2.58 bits per heavy atom. The van der Waals surface area contributed by atoms with E-state index < -0.39 is 6.10 Å². The van der Waals surface area contributed by atoms with Crippen molar-refractivity contribution in [1.29, 1.82) is 0 Å². The lowest BCUT2D eigenvalue weighted by atomic mass is 9.64. The second kappa shape index (κ2) is 9.62. The number of aliphatic imine (C=N–C) groups is 1. The van der Waals surface area contributed by atoms with Crippen LogP contribution in [0.5, 0.6) is 0 Å². The Hall–Kier alpha value is -0.810. The molecule has 0 amide bonds. The van der Waals surface area contributed by atoms with Gasteiger partial charge < -0.3 is 20.5 Å². The molecule has 1 unspecified atom stereocenters. The van der Waals surface area contributed by atoms with Crippen molar-refractivity contribution < 1.29 is 9.84 Å². The molecule has 5 heteroatoms. The van der Waals surface area contributed by atoms with Crippen LogP contribution in [-0.4, -0.2) is 50.0 Å². The first kappa shape index (κ1) is 19.5. The summed E-state index contributed by atoms with van der Waals surface area (Å²) < 4.78 is 5.55. The molecule has 0 saturated heterocycles. The molecular formula is C19H37N3O2. The standard InChI is InChI=1S/C19H37N3O2/c1-4-20-18(21-11-17(23)13-24-12-16-6-7-16)22-14-19(8-5-9-19)10-15(2)3/h15-17,23H,4-14H2,1-3H3,(H2,20,21,22). The van der Waals surface area contributed by atoms with Crippen LogP contribution in [0.1, 0.15) is 59.3 Å². The normalized spacial score (nSPS) is 21.5. The van der Waals surface area contributed by atoms with Crippen molar-refractivity contribution in [2.24, 2.45) is 22.2 Å². The van der Waals surface area contributed by atoms with Crippen LogP contribution >= 0.6 is 0 Å². The van der Waals surface area contributed by atoms with Crippen LogP contribution in [0.15, 0.2) is 4.99 Å². The topological polar surface area (TPSA) is 65.9 Å². The van der Waals surface area contributed by atoms with Gasteiger partial charge in [-0.3, -0.25) is 4.99 Å². The number of aliphatic hydroxyl groups is 1. The molecule has 0 aromatic heterocycles. The highest BCUT2D eigenvalue weighted by Crippen LogP contribution is 2.46. The molecule has 0 heterocycles. The molecule has 2 fully saturated rings. The summed E-state index contributed by atoms with van der Waals surface area (Å²) >= 11 is 0. The van der Waals surface area contributed by atoms with E-state index in [0.717, 1.165) is 37.5 Å². The highest BCUT2D eigenvalue weighted by atomic mass is 16.5. The highest BCUT2D eigenvalue weighted by Gasteiger charge is 2.37. The molecule has 1 atom stereocenters. The third-order valence-electron chi connectivity index (χ3n) is 5.04. The smallest absolute Gasteiger partial charge is 0.191 e.